The van der Waals surface area contributed by atoms with Gasteiger partial charge in [-0.25, -0.2) is 0 Å². The average molecular weight is 451 g/mol. The van der Waals surface area contributed by atoms with Gasteiger partial charge in [0, 0.05) is 33.6 Å². The van der Waals surface area contributed by atoms with Crippen LogP contribution in [0, 0.1) is 3.57 Å². The lowest BCUT2D eigenvalue weighted by Gasteiger charge is -2.18. The minimum atomic E-state index is -0.137. The molecule has 0 aliphatic rings. The van der Waals surface area contributed by atoms with E-state index in [9.17, 15) is 9.59 Å². The monoisotopic (exact) mass is 451 g/mol. The Hall–Kier alpha value is -2.09. The fraction of sp³-hybridized carbons (Fsp3) is 0.263. The fourth-order valence-corrected chi connectivity index (χ4v) is 2.95. The van der Waals surface area contributed by atoms with Crippen molar-refractivity contribution in [3.63, 3.8) is 0 Å². The molecular formula is C19H22IN3O2. The number of halogens is 1. The molecule has 0 aliphatic heterocycles. The summed E-state index contributed by atoms with van der Waals surface area (Å²) in [6.07, 6.45) is 0. The van der Waals surface area contributed by atoms with Crippen LogP contribution in [-0.4, -0.2) is 36.3 Å². The Morgan fingerprint density at radius 1 is 1.00 bits per heavy atom. The van der Waals surface area contributed by atoms with E-state index in [1.54, 1.807) is 29.2 Å². The van der Waals surface area contributed by atoms with E-state index in [4.69, 9.17) is 0 Å². The van der Waals surface area contributed by atoms with Crippen LogP contribution in [0.5, 0.6) is 0 Å². The number of para-hydroxylation sites is 1. The summed E-state index contributed by atoms with van der Waals surface area (Å²) in [5.74, 6) is -0.134. The first kappa shape index (κ1) is 19.2. The van der Waals surface area contributed by atoms with Crippen LogP contribution in [0.15, 0.2) is 48.5 Å². The molecule has 25 heavy (non-hydrogen) atoms. The smallest absolute Gasteiger partial charge is 0.253 e. The van der Waals surface area contributed by atoms with Crippen LogP contribution >= 0.6 is 22.6 Å². The van der Waals surface area contributed by atoms with E-state index in [2.05, 4.69) is 33.2 Å². The Balaban J connectivity index is 1.91. The highest BCUT2D eigenvalue weighted by Crippen LogP contribution is 2.17. The molecule has 0 fully saturated rings. The van der Waals surface area contributed by atoms with Gasteiger partial charge in [0.2, 0.25) is 5.91 Å². The van der Waals surface area contributed by atoms with Gasteiger partial charge in [0.05, 0.1) is 6.54 Å². The summed E-state index contributed by atoms with van der Waals surface area (Å²) in [7, 11) is 0. The molecule has 0 heterocycles. The Kier molecular flexibility index (Phi) is 7.24. The molecule has 2 N–H and O–H groups in total. The Labute approximate surface area is 161 Å². The number of hydrogen-bond acceptors (Lipinski definition) is 3. The molecule has 0 aromatic heterocycles. The van der Waals surface area contributed by atoms with Gasteiger partial charge < -0.3 is 15.5 Å². The molecule has 0 unspecified atom stereocenters. The Morgan fingerprint density at radius 2 is 1.64 bits per heavy atom. The quantitative estimate of drug-likeness (QED) is 0.630. The lowest BCUT2D eigenvalue weighted by Crippen LogP contribution is -2.30. The van der Waals surface area contributed by atoms with Crippen LogP contribution in [0.3, 0.4) is 0 Å². The first-order valence-electron chi connectivity index (χ1n) is 8.22. The van der Waals surface area contributed by atoms with Gasteiger partial charge in [-0.05, 0) is 72.8 Å². The normalized spacial score (nSPS) is 10.2. The van der Waals surface area contributed by atoms with Crippen LogP contribution in [0.1, 0.15) is 24.2 Å². The Bertz CT molecular complexity index is 728. The number of carbonyl (C=O) groups is 2. The molecule has 0 saturated heterocycles. The van der Waals surface area contributed by atoms with Gasteiger partial charge in [-0.1, -0.05) is 12.1 Å². The molecule has 2 aromatic rings. The molecule has 2 amide bonds. The number of rotatable bonds is 7. The summed E-state index contributed by atoms with van der Waals surface area (Å²) in [4.78, 5) is 26.1. The molecule has 5 nitrogen and oxygen atoms in total. The van der Waals surface area contributed by atoms with Gasteiger partial charge in [-0.15, -0.1) is 0 Å². The number of nitrogens with one attached hydrogen (secondary N) is 2. The van der Waals surface area contributed by atoms with Crippen molar-refractivity contribution in [2.45, 2.75) is 13.8 Å². The van der Waals surface area contributed by atoms with E-state index in [0.29, 0.717) is 24.3 Å². The number of anilines is 2. The lowest BCUT2D eigenvalue weighted by atomic mass is 10.1. The molecule has 2 aromatic carbocycles. The van der Waals surface area contributed by atoms with Crippen LogP contribution in [-0.2, 0) is 4.79 Å². The number of carbonyl (C=O) groups excluding carboxylic acids is 2. The van der Waals surface area contributed by atoms with Crippen molar-refractivity contribution < 1.29 is 9.59 Å². The van der Waals surface area contributed by atoms with Crippen molar-refractivity contribution in [1.82, 2.24) is 4.90 Å². The third-order valence-corrected chi connectivity index (χ3v) is 4.72. The highest BCUT2D eigenvalue weighted by atomic mass is 127. The number of hydrogen-bond donors (Lipinski definition) is 2. The van der Waals surface area contributed by atoms with Gasteiger partial charge in [0.25, 0.3) is 5.91 Å². The average Bonchev–Trinajstić information content (AvgIpc) is 2.62. The van der Waals surface area contributed by atoms with Gasteiger partial charge in [-0.3, -0.25) is 9.59 Å². The zero-order valence-electron chi connectivity index (χ0n) is 14.4. The molecule has 132 valence electrons. The third-order valence-electron chi connectivity index (χ3n) is 3.78. The van der Waals surface area contributed by atoms with E-state index in [-0.39, 0.29) is 18.4 Å². The predicted octanol–water partition coefficient (Wildman–Crippen LogP) is 3.82. The van der Waals surface area contributed by atoms with Gasteiger partial charge in [0.15, 0.2) is 0 Å². The fourth-order valence-electron chi connectivity index (χ4n) is 2.37. The van der Waals surface area contributed by atoms with Gasteiger partial charge >= 0.3 is 0 Å². The number of nitrogens with zero attached hydrogens (tertiary/aromatic N) is 1. The predicted molar refractivity (Wildman–Crippen MR) is 110 cm³/mol. The maximum atomic E-state index is 12.3. The standard InChI is InChI=1S/C19H22IN3O2/c1-3-23(4-2)19(25)14-9-11-15(12-10-14)22-18(24)13-21-17-8-6-5-7-16(17)20/h5-12,21H,3-4,13H2,1-2H3,(H,22,24). The minimum Gasteiger partial charge on any atom is -0.375 e. The molecule has 0 aliphatic carbocycles. The summed E-state index contributed by atoms with van der Waals surface area (Å²) < 4.78 is 1.06. The Morgan fingerprint density at radius 3 is 2.24 bits per heavy atom. The highest BCUT2D eigenvalue weighted by molar-refractivity contribution is 14.1. The summed E-state index contributed by atoms with van der Waals surface area (Å²) in [5.41, 5.74) is 2.22. The summed E-state index contributed by atoms with van der Waals surface area (Å²) >= 11 is 2.22. The van der Waals surface area contributed by atoms with E-state index in [1.165, 1.54) is 0 Å². The third kappa shape index (κ3) is 5.45. The van der Waals surface area contributed by atoms with Gasteiger partial charge in [-0.2, -0.15) is 0 Å². The summed E-state index contributed by atoms with van der Waals surface area (Å²) in [5, 5.41) is 5.94. The molecule has 0 bridgehead atoms. The molecular weight excluding hydrogens is 429 g/mol. The molecule has 2 rings (SSSR count). The SMILES string of the molecule is CCN(CC)C(=O)c1ccc(NC(=O)CNc2ccccc2I)cc1. The number of amides is 2. The van der Waals surface area contributed by atoms with Crippen LogP contribution in [0.4, 0.5) is 11.4 Å². The van der Waals surface area contributed by atoms with E-state index >= 15 is 0 Å². The molecule has 0 radical (unpaired) electrons. The maximum Gasteiger partial charge on any atom is 0.253 e. The van der Waals surface area contributed by atoms with Crippen LogP contribution in [0.2, 0.25) is 0 Å². The van der Waals surface area contributed by atoms with Crippen molar-refractivity contribution in [3.05, 3.63) is 57.7 Å². The van der Waals surface area contributed by atoms with Crippen molar-refractivity contribution in [2.75, 3.05) is 30.3 Å². The topological polar surface area (TPSA) is 61.4 Å². The van der Waals surface area contributed by atoms with Gasteiger partial charge in [0.1, 0.15) is 0 Å². The first-order chi connectivity index (χ1) is 12.0. The summed E-state index contributed by atoms with van der Waals surface area (Å²) in [6.45, 7) is 5.45. The van der Waals surface area contributed by atoms with Crippen LogP contribution in [0.25, 0.3) is 0 Å². The van der Waals surface area contributed by atoms with E-state index < -0.39 is 0 Å². The van der Waals surface area contributed by atoms with E-state index in [0.717, 1.165) is 9.26 Å². The number of benzene rings is 2. The first-order valence-corrected chi connectivity index (χ1v) is 9.30. The minimum absolute atomic E-state index is 0.00296. The second-order valence-electron chi connectivity index (χ2n) is 5.44. The molecule has 0 saturated carbocycles. The zero-order valence-corrected chi connectivity index (χ0v) is 16.5. The molecule has 6 heteroatoms. The van der Waals surface area contributed by atoms with Crippen molar-refractivity contribution >= 4 is 45.8 Å². The summed E-state index contributed by atoms with van der Waals surface area (Å²) in [6, 6.07) is 14.8. The highest BCUT2D eigenvalue weighted by Gasteiger charge is 2.12. The lowest BCUT2D eigenvalue weighted by molar-refractivity contribution is -0.114. The second-order valence-corrected chi connectivity index (χ2v) is 6.60. The van der Waals surface area contributed by atoms with E-state index in [1.807, 2.05) is 38.1 Å². The zero-order chi connectivity index (χ0) is 18.2. The van der Waals surface area contributed by atoms with Crippen LogP contribution < -0.4 is 10.6 Å². The largest absolute Gasteiger partial charge is 0.375 e. The van der Waals surface area contributed by atoms with Crippen molar-refractivity contribution in [2.24, 2.45) is 0 Å². The second kappa shape index (κ2) is 9.41. The molecule has 0 spiro atoms. The molecule has 0 atom stereocenters. The maximum absolute atomic E-state index is 12.3. The van der Waals surface area contributed by atoms with Crippen molar-refractivity contribution in [3.8, 4) is 0 Å². The van der Waals surface area contributed by atoms with Crippen molar-refractivity contribution in [1.29, 1.82) is 0 Å².